The zero-order valence-electron chi connectivity index (χ0n) is 13.7. The molecule has 28 heavy (non-hydrogen) atoms. The lowest BCUT2D eigenvalue weighted by molar-refractivity contribution is 0.478. The zero-order chi connectivity index (χ0) is 20.9. The predicted octanol–water partition coefficient (Wildman–Crippen LogP) is 3.82. The normalized spacial score (nSPS) is 11.6. The molecule has 0 saturated carbocycles. The van der Waals surface area contributed by atoms with Crippen molar-refractivity contribution >= 4 is 78.5 Å². The van der Waals surface area contributed by atoms with Crippen LogP contribution in [0.1, 0.15) is 11.1 Å². The van der Waals surface area contributed by atoms with Crippen LogP contribution in [0.4, 0.5) is 11.4 Å². The van der Waals surface area contributed by atoms with Gasteiger partial charge in [0.2, 0.25) is 0 Å². The lowest BCUT2D eigenvalue weighted by Gasteiger charge is -2.08. The van der Waals surface area contributed by atoms with Gasteiger partial charge in [-0.3, -0.25) is 9.11 Å². The smallest absolute Gasteiger partial charge is 0.282 e. The van der Waals surface area contributed by atoms with E-state index in [-0.39, 0.29) is 5.56 Å². The summed E-state index contributed by atoms with van der Waals surface area (Å²) in [4.78, 5) is 5.91. The monoisotopic (exact) mass is 454 g/mol. The molecule has 0 radical (unpaired) electrons. The fourth-order valence-corrected chi connectivity index (χ4v) is 3.69. The van der Waals surface area contributed by atoms with Crippen LogP contribution in [0, 0.1) is 0 Å². The molecule has 0 atom stereocenters. The van der Waals surface area contributed by atoms with E-state index in [0.717, 1.165) is 12.1 Å². The van der Waals surface area contributed by atoms with E-state index in [1.807, 2.05) is 5.16 Å². The summed E-state index contributed by atoms with van der Waals surface area (Å²) in [6, 6.07) is 8.17. The van der Waals surface area contributed by atoms with E-state index in [4.69, 9.17) is 0 Å². The van der Waals surface area contributed by atoms with Gasteiger partial charge in [-0.25, -0.2) is 0 Å². The molecular weight excluding hydrogens is 444 g/mol. The summed E-state index contributed by atoms with van der Waals surface area (Å²) in [5.41, 5.74) is 0.491. The van der Waals surface area contributed by atoms with Gasteiger partial charge in [-0.1, -0.05) is 24.3 Å². The van der Waals surface area contributed by atoms with Crippen molar-refractivity contribution in [1.29, 1.82) is 0 Å². The molecule has 2 aromatic rings. The molecular formula is C16H10N2O6S4. The van der Waals surface area contributed by atoms with Crippen molar-refractivity contribution in [2.24, 2.45) is 9.98 Å². The third-order valence-corrected chi connectivity index (χ3v) is 5.31. The highest BCUT2D eigenvalue weighted by atomic mass is 32.2. The van der Waals surface area contributed by atoms with Gasteiger partial charge in [0.1, 0.15) is 9.79 Å². The number of benzene rings is 2. The van der Waals surface area contributed by atoms with E-state index >= 15 is 0 Å². The Morgan fingerprint density at radius 3 is 1.89 bits per heavy atom. The van der Waals surface area contributed by atoms with Crippen molar-refractivity contribution in [2.45, 2.75) is 9.79 Å². The Morgan fingerprint density at radius 1 is 0.821 bits per heavy atom. The maximum Gasteiger partial charge on any atom is 0.296 e. The number of rotatable bonds is 6. The van der Waals surface area contributed by atoms with E-state index in [9.17, 15) is 25.9 Å². The molecule has 2 N–H and O–H groups in total. The summed E-state index contributed by atoms with van der Waals surface area (Å²) >= 11 is 8.90. The van der Waals surface area contributed by atoms with Crippen LogP contribution in [-0.4, -0.2) is 36.3 Å². The number of hydrogen-bond acceptors (Lipinski definition) is 8. The molecule has 0 aromatic heterocycles. The summed E-state index contributed by atoms with van der Waals surface area (Å²) in [6.07, 6.45) is 2.71. The molecule has 8 nitrogen and oxygen atoms in total. The molecule has 0 amide bonds. The average Bonchev–Trinajstić information content (AvgIpc) is 2.60. The highest BCUT2D eigenvalue weighted by Crippen LogP contribution is 2.31. The lowest BCUT2D eigenvalue weighted by atomic mass is 10.1. The van der Waals surface area contributed by atoms with Gasteiger partial charge in [0, 0.05) is 0 Å². The number of hydrogen-bond donors (Lipinski definition) is 2. The van der Waals surface area contributed by atoms with Crippen LogP contribution in [0.25, 0.3) is 12.2 Å². The first kappa shape index (κ1) is 21.9. The Hall–Kier alpha value is -2.40. The van der Waals surface area contributed by atoms with Crippen LogP contribution in [0.5, 0.6) is 0 Å². The Bertz CT molecular complexity index is 1250. The average molecular weight is 455 g/mol. The first-order valence-electron chi connectivity index (χ1n) is 7.13. The largest absolute Gasteiger partial charge is 0.296 e. The van der Waals surface area contributed by atoms with E-state index in [0.29, 0.717) is 11.3 Å². The SMILES string of the molecule is O=S(=O)(O)c1cc(N=C=S)c(S(=O)(=O)O)cc1C=Cc1ccc(N=C=S)cc1. The predicted molar refractivity (Wildman–Crippen MR) is 111 cm³/mol. The molecule has 12 heteroatoms. The second-order valence-electron chi connectivity index (χ2n) is 5.14. The van der Waals surface area contributed by atoms with Gasteiger partial charge < -0.3 is 0 Å². The van der Waals surface area contributed by atoms with Gasteiger partial charge in [0.15, 0.2) is 0 Å². The molecule has 2 rings (SSSR count). The molecule has 0 aliphatic heterocycles. The highest BCUT2D eigenvalue weighted by Gasteiger charge is 2.23. The van der Waals surface area contributed by atoms with Gasteiger partial charge in [-0.15, -0.1) is 0 Å². The molecule has 0 aliphatic rings. The fraction of sp³-hybridized carbons (Fsp3) is 0. The van der Waals surface area contributed by atoms with Crippen LogP contribution >= 0.6 is 24.4 Å². The minimum absolute atomic E-state index is 0.195. The molecule has 0 spiro atoms. The lowest BCUT2D eigenvalue weighted by Crippen LogP contribution is -2.05. The topological polar surface area (TPSA) is 133 Å². The van der Waals surface area contributed by atoms with E-state index < -0.39 is 35.7 Å². The standard InChI is InChI=1S/C16H10N2O6S4/c19-27(20,21)15-8-14(18-10-26)16(28(22,23)24)7-12(15)4-1-11-2-5-13(6-3-11)17-9-25/h1-8H,(H,19,20,21)(H,22,23,24). The second kappa shape index (κ2) is 8.74. The number of isothiocyanates is 2. The number of thiocarbonyl (C=S) groups is 2. The molecule has 144 valence electrons. The van der Waals surface area contributed by atoms with Crippen molar-refractivity contribution in [3.8, 4) is 0 Å². The van der Waals surface area contributed by atoms with Crippen LogP contribution in [0.15, 0.2) is 56.2 Å². The maximum absolute atomic E-state index is 11.7. The van der Waals surface area contributed by atoms with E-state index in [2.05, 4.69) is 39.6 Å². The highest BCUT2D eigenvalue weighted by molar-refractivity contribution is 7.86. The molecule has 0 bridgehead atoms. The van der Waals surface area contributed by atoms with Crippen molar-refractivity contribution in [3.05, 3.63) is 47.5 Å². The third-order valence-electron chi connectivity index (χ3n) is 3.34. The van der Waals surface area contributed by atoms with Crippen molar-refractivity contribution < 1.29 is 25.9 Å². The Morgan fingerprint density at radius 2 is 1.39 bits per heavy atom. The van der Waals surface area contributed by atoms with Gasteiger partial charge in [-0.05, 0) is 59.8 Å². The molecule has 0 fully saturated rings. The van der Waals surface area contributed by atoms with Crippen molar-refractivity contribution in [1.82, 2.24) is 0 Å². The van der Waals surface area contributed by atoms with E-state index in [1.54, 1.807) is 24.3 Å². The van der Waals surface area contributed by atoms with Crippen molar-refractivity contribution in [2.75, 3.05) is 0 Å². The summed E-state index contributed by atoms with van der Waals surface area (Å²) in [6.45, 7) is 0. The summed E-state index contributed by atoms with van der Waals surface area (Å²) < 4.78 is 65.4. The fourth-order valence-electron chi connectivity index (χ4n) is 2.16. The number of aliphatic imine (C=N–C) groups is 2. The molecule has 2 aromatic carbocycles. The van der Waals surface area contributed by atoms with Gasteiger partial charge >= 0.3 is 0 Å². The molecule has 0 aliphatic carbocycles. The third kappa shape index (κ3) is 5.55. The van der Waals surface area contributed by atoms with E-state index in [1.165, 1.54) is 12.2 Å². The van der Waals surface area contributed by atoms with Crippen LogP contribution < -0.4 is 0 Å². The van der Waals surface area contributed by atoms with Gasteiger partial charge in [-0.2, -0.15) is 26.8 Å². The molecule has 0 heterocycles. The Kier molecular flexibility index (Phi) is 6.83. The Labute approximate surface area is 171 Å². The first-order chi connectivity index (χ1) is 13.1. The zero-order valence-corrected chi connectivity index (χ0v) is 16.9. The minimum Gasteiger partial charge on any atom is -0.282 e. The molecule has 0 unspecified atom stereocenters. The number of nitrogens with zero attached hydrogens (tertiary/aromatic N) is 2. The summed E-state index contributed by atoms with van der Waals surface area (Å²) in [5, 5.41) is 4.10. The molecule has 0 saturated heterocycles. The second-order valence-corrected chi connectivity index (χ2v) is 8.28. The van der Waals surface area contributed by atoms with Crippen LogP contribution in [-0.2, 0) is 20.2 Å². The Balaban J connectivity index is 2.67. The van der Waals surface area contributed by atoms with Gasteiger partial charge in [0.05, 0.1) is 21.7 Å². The minimum atomic E-state index is -4.75. The maximum atomic E-state index is 11.7. The van der Waals surface area contributed by atoms with Crippen LogP contribution in [0.3, 0.4) is 0 Å². The first-order valence-corrected chi connectivity index (χ1v) is 10.8. The summed E-state index contributed by atoms with van der Waals surface area (Å²) in [7, 11) is -9.49. The van der Waals surface area contributed by atoms with Gasteiger partial charge in [0.25, 0.3) is 20.2 Å². The summed E-state index contributed by atoms with van der Waals surface area (Å²) in [5.74, 6) is 0. The quantitative estimate of drug-likeness (QED) is 0.291. The van der Waals surface area contributed by atoms with Crippen molar-refractivity contribution in [3.63, 3.8) is 0 Å². The van der Waals surface area contributed by atoms with Crippen LogP contribution in [0.2, 0.25) is 0 Å².